The lowest BCUT2D eigenvalue weighted by Gasteiger charge is -2.25. The standard InChI is InChI=1S/C21H24N4O2/c1-14(2)25(21(26)22-18-10-6-8-16(4)12-18)13-19-23-20(24-27-19)17-9-5-7-15(3)11-17/h5-12,14H,13H2,1-4H3,(H,22,26). The minimum Gasteiger partial charge on any atom is -0.337 e. The monoisotopic (exact) mass is 364 g/mol. The Morgan fingerprint density at radius 3 is 2.48 bits per heavy atom. The van der Waals surface area contributed by atoms with E-state index < -0.39 is 0 Å². The molecule has 6 heteroatoms. The zero-order valence-corrected chi connectivity index (χ0v) is 16.1. The number of aryl methyl sites for hydroxylation is 2. The summed E-state index contributed by atoms with van der Waals surface area (Å²) in [6, 6.07) is 15.4. The molecule has 1 N–H and O–H groups in total. The van der Waals surface area contributed by atoms with Crippen molar-refractivity contribution in [2.75, 3.05) is 5.32 Å². The Labute approximate surface area is 159 Å². The highest BCUT2D eigenvalue weighted by Gasteiger charge is 2.21. The fourth-order valence-electron chi connectivity index (χ4n) is 2.77. The number of amides is 2. The van der Waals surface area contributed by atoms with Gasteiger partial charge in [0.25, 0.3) is 0 Å². The Kier molecular flexibility index (Phi) is 5.54. The van der Waals surface area contributed by atoms with Gasteiger partial charge in [0.1, 0.15) is 6.54 Å². The van der Waals surface area contributed by atoms with Gasteiger partial charge >= 0.3 is 6.03 Å². The van der Waals surface area contributed by atoms with Crippen LogP contribution in [0.1, 0.15) is 30.9 Å². The lowest BCUT2D eigenvalue weighted by atomic mass is 10.1. The molecule has 2 amide bonds. The van der Waals surface area contributed by atoms with Gasteiger partial charge in [0.15, 0.2) is 0 Å². The van der Waals surface area contributed by atoms with Crippen LogP contribution in [0.5, 0.6) is 0 Å². The Morgan fingerprint density at radius 2 is 1.81 bits per heavy atom. The first-order valence-electron chi connectivity index (χ1n) is 8.96. The lowest BCUT2D eigenvalue weighted by Crippen LogP contribution is -2.39. The molecule has 0 radical (unpaired) electrons. The van der Waals surface area contributed by atoms with Gasteiger partial charge in [-0.25, -0.2) is 4.79 Å². The predicted octanol–water partition coefficient (Wildman–Crippen LogP) is 4.80. The fourth-order valence-corrected chi connectivity index (χ4v) is 2.77. The van der Waals surface area contributed by atoms with E-state index in [2.05, 4.69) is 15.5 Å². The molecule has 140 valence electrons. The summed E-state index contributed by atoms with van der Waals surface area (Å²) in [7, 11) is 0. The van der Waals surface area contributed by atoms with Crippen LogP contribution in [-0.4, -0.2) is 27.1 Å². The smallest absolute Gasteiger partial charge is 0.322 e. The van der Waals surface area contributed by atoms with Gasteiger partial charge in [-0.3, -0.25) is 0 Å². The second kappa shape index (κ2) is 8.03. The summed E-state index contributed by atoms with van der Waals surface area (Å²) in [6.45, 7) is 8.15. The molecule has 3 rings (SSSR count). The highest BCUT2D eigenvalue weighted by atomic mass is 16.5. The van der Waals surface area contributed by atoms with Crippen molar-refractivity contribution in [3.8, 4) is 11.4 Å². The van der Waals surface area contributed by atoms with Gasteiger partial charge in [-0.2, -0.15) is 4.98 Å². The summed E-state index contributed by atoms with van der Waals surface area (Å²) in [5.74, 6) is 0.927. The lowest BCUT2D eigenvalue weighted by molar-refractivity contribution is 0.182. The largest absolute Gasteiger partial charge is 0.337 e. The molecule has 6 nitrogen and oxygen atoms in total. The fraction of sp³-hybridized carbons (Fsp3) is 0.286. The quantitative estimate of drug-likeness (QED) is 0.706. The number of nitrogens with one attached hydrogen (secondary N) is 1. The predicted molar refractivity (Wildman–Crippen MR) is 105 cm³/mol. The molecule has 0 aliphatic heterocycles. The molecule has 1 aromatic heterocycles. The van der Waals surface area contributed by atoms with Crippen molar-refractivity contribution in [2.24, 2.45) is 0 Å². The molecule has 0 bridgehead atoms. The Balaban J connectivity index is 1.74. The van der Waals surface area contributed by atoms with Crippen LogP contribution >= 0.6 is 0 Å². The van der Waals surface area contributed by atoms with Crippen molar-refractivity contribution >= 4 is 11.7 Å². The average Bonchev–Trinajstić information content (AvgIpc) is 3.08. The highest BCUT2D eigenvalue weighted by molar-refractivity contribution is 5.89. The van der Waals surface area contributed by atoms with E-state index in [1.807, 2.05) is 76.2 Å². The molecule has 2 aromatic carbocycles. The van der Waals surface area contributed by atoms with Crippen LogP contribution in [-0.2, 0) is 6.54 Å². The van der Waals surface area contributed by atoms with Crippen molar-refractivity contribution in [3.63, 3.8) is 0 Å². The molecule has 0 saturated carbocycles. The number of urea groups is 1. The molecular weight excluding hydrogens is 340 g/mol. The Hall–Kier alpha value is -3.15. The third kappa shape index (κ3) is 4.73. The van der Waals surface area contributed by atoms with Gasteiger partial charge < -0.3 is 14.7 Å². The molecule has 0 atom stereocenters. The Bertz CT molecular complexity index is 933. The van der Waals surface area contributed by atoms with Gasteiger partial charge in [-0.15, -0.1) is 0 Å². The van der Waals surface area contributed by atoms with E-state index >= 15 is 0 Å². The number of carbonyl (C=O) groups is 1. The molecular formula is C21H24N4O2. The van der Waals surface area contributed by atoms with Crippen molar-refractivity contribution in [3.05, 3.63) is 65.5 Å². The van der Waals surface area contributed by atoms with E-state index in [0.717, 1.165) is 22.4 Å². The molecule has 0 fully saturated rings. The maximum absolute atomic E-state index is 12.7. The van der Waals surface area contributed by atoms with Crippen LogP contribution < -0.4 is 5.32 Å². The summed E-state index contributed by atoms with van der Waals surface area (Å²) < 4.78 is 5.38. The highest BCUT2D eigenvalue weighted by Crippen LogP contribution is 2.19. The minimum absolute atomic E-state index is 0.0240. The zero-order valence-electron chi connectivity index (χ0n) is 16.1. The third-order valence-corrected chi connectivity index (χ3v) is 4.20. The number of hydrogen-bond acceptors (Lipinski definition) is 4. The van der Waals surface area contributed by atoms with Gasteiger partial charge in [-0.1, -0.05) is 41.1 Å². The summed E-state index contributed by atoms with van der Waals surface area (Å²) in [6.07, 6.45) is 0. The number of rotatable bonds is 5. The van der Waals surface area contributed by atoms with E-state index in [1.165, 1.54) is 0 Å². The first kappa shape index (κ1) is 18.6. The van der Waals surface area contributed by atoms with E-state index in [1.54, 1.807) is 4.90 Å². The van der Waals surface area contributed by atoms with Crippen LogP contribution in [0.4, 0.5) is 10.5 Å². The number of benzene rings is 2. The normalized spacial score (nSPS) is 10.9. The molecule has 3 aromatic rings. The second-order valence-corrected chi connectivity index (χ2v) is 6.90. The topological polar surface area (TPSA) is 71.3 Å². The molecule has 1 heterocycles. The van der Waals surface area contributed by atoms with E-state index in [-0.39, 0.29) is 18.6 Å². The molecule has 27 heavy (non-hydrogen) atoms. The molecule has 0 unspecified atom stereocenters. The zero-order chi connectivity index (χ0) is 19.4. The molecule has 0 aliphatic rings. The maximum Gasteiger partial charge on any atom is 0.322 e. The van der Waals surface area contributed by atoms with Crippen molar-refractivity contribution < 1.29 is 9.32 Å². The Morgan fingerprint density at radius 1 is 1.11 bits per heavy atom. The number of carbonyl (C=O) groups excluding carboxylic acids is 1. The van der Waals surface area contributed by atoms with Gasteiger partial charge in [0.05, 0.1) is 0 Å². The van der Waals surface area contributed by atoms with Crippen LogP contribution in [0, 0.1) is 13.8 Å². The van der Waals surface area contributed by atoms with Crippen molar-refractivity contribution in [2.45, 2.75) is 40.3 Å². The summed E-state index contributed by atoms with van der Waals surface area (Å²) >= 11 is 0. The van der Waals surface area contributed by atoms with E-state index in [9.17, 15) is 4.79 Å². The number of anilines is 1. The molecule has 0 spiro atoms. The second-order valence-electron chi connectivity index (χ2n) is 6.90. The van der Waals surface area contributed by atoms with E-state index in [4.69, 9.17) is 4.52 Å². The average molecular weight is 364 g/mol. The minimum atomic E-state index is -0.203. The van der Waals surface area contributed by atoms with Crippen molar-refractivity contribution in [1.82, 2.24) is 15.0 Å². The van der Waals surface area contributed by atoms with E-state index in [0.29, 0.717) is 11.7 Å². The van der Waals surface area contributed by atoms with Crippen molar-refractivity contribution in [1.29, 1.82) is 0 Å². The first-order chi connectivity index (χ1) is 12.9. The number of nitrogens with zero attached hydrogens (tertiary/aromatic N) is 3. The summed E-state index contributed by atoms with van der Waals surface area (Å²) in [4.78, 5) is 18.8. The summed E-state index contributed by atoms with van der Waals surface area (Å²) in [5.41, 5.74) is 3.87. The van der Waals surface area contributed by atoms with Gasteiger partial charge in [0.2, 0.25) is 11.7 Å². The number of hydrogen-bond donors (Lipinski definition) is 1. The van der Waals surface area contributed by atoms with Crippen LogP contribution in [0.25, 0.3) is 11.4 Å². The molecule has 0 aliphatic carbocycles. The SMILES string of the molecule is Cc1cccc(NC(=O)N(Cc2nc(-c3cccc(C)c3)no2)C(C)C)c1. The van der Waals surface area contributed by atoms with Crippen LogP contribution in [0.15, 0.2) is 53.1 Å². The van der Waals surface area contributed by atoms with Gasteiger partial charge in [0, 0.05) is 17.3 Å². The number of aromatic nitrogens is 2. The third-order valence-electron chi connectivity index (χ3n) is 4.20. The maximum atomic E-state index is 12.7. The van der Waals surface area contributed by atoms with Crippen LogP contribution in [0.2, 0.25) is 0 Å². The summed E-state index contributed by atoms with van der Waals surface area (Å²) in [5, 5.41) is 6.98. The van der Waals surface area contributed by atoms with Crippen LogP contribution in [0.3, 0.4) is 0 Å². The van der Waals surface area contributed by atoms with Gasteiger partial charge in [-0.05, 0) is 51.5 Å². The first-order valence-corrected chi connectivity index (χ1v) is 8.96. The molecule has 0 saturated heterocycles.